The standard InChI is InChI=1S/C15H13Cl2F/c1-9-7-13(14(16)8-10(9)2)15(17)11-3-5-12(18)6-4-11/h3-8,15H,1-2H3. The van der Waals surface area contributed by atoms with Gasteiger partial charge in [-0.3, -0.25) is 0 Å². The van der Waals surface area contributed by atoms with E-state index in [9.17, 15) is 4.39 Å². The molecule has 0 nitrogen and oxygen atoms in total. The molecular formula is C15H13Cl2F. The fourth-order valence-electron chi connectivity index (χ4n) is 1.81. The van der Waals surface area contributed by atoms with Crippen LogP contribution in [0.4, 0.5) is 4.39 Å². The predicted molar refractivity (Wildman–Crippen MR) is 75.0 cm³/mol. The average molecular weight is 283 g/mol. The van der Waals surface area contributed by atoms with Gasteiger partial charge in [-0.05, 0) is 54.3 Å². The van der Waals surface area contributed by atoms with Gasteiger partial charge in [0.05, 0.1) is 5.38 Å². The fourth-order valence-corrected chi connectivity index (χ4v) is 2.52. The third-order valence-electron chi connectivity index (χ3n) is 3.05. The van der Waals surface area contributed by atoms with Crippen molar-refractivity contribution in [1.82, 2.24) is 0 Å². The van der Waals surface area contributed by atoms with Crippen LogP contribution in [0.5, 0.6) is 0 Å². The van der Waals surface area contributed by atoms with Crippen molar-refractivity contribution in [3.05, 3.63) is 69.5 Å². The van der Waals surface area contributed by atoms with Gasteiger partial charge in [0, 0.05) is 5.02 Å². The third-order valence-corrected chi connectivity index (χ3v) is 3.86. The monoisotopic (exact) mass is 282 g/mol. The van der Waals surface area contributed by atoms with E-state index >= 15 is 0 Å². The first-order valence-electron chi connectivity index (χ1n) is 5.65. The minimum Gasteiger partial charge on any atom is -0.207 e. The normalized spacial score (nSPS) is 12.5. The average Bonchev–Trinajstić information content (AvgIpc) is 2.34. The zero-order chi connectivity index (χ0) is 13.3. The van der Waals surface area contributed by atoms with Crippen molar-refractivity contribution in [1.29, 1.82) is 0 Å². The van der Waals surface area contributed by atoms with E-state index in [1.54, 1.807) is 12.1 Å². The first-order chi connectivity index (χ1) is 8.49. The lowest BCUT2D eigenvalue weighted by atomic mass is 10.00. The largest absolute Gasteiger partial charge is 0.207 e. The highest BCUT2D eigenvalue weighted by atomic mass is 35.5. The fraction of sp³-hybridized carbons (Fsp3) is 0.200. The van der Waals surface area contributed by atoms with Crippen LogP contribution in [0.1, 0.15) is 27.6 Å². The molecule has 0 aliphatic rings. The summed E-state index contributed by atoms with van der Waals surface area (Å²) in [4.78, 5) is 0. The van der Waals surface area contributed by atoms with Crippen molar-refractivity contribution in [3.8, 4) is 0 Å². The number of alkyl halides is 1. The van der Waals surface area contributed by atoms with Gasteiger partial charge in [0.1, 0.15) is 5.82 Å². The Morgan fingerprint density at radius 3 is 2.17 bits per heavy atom. The molecule has 0 fully saturated rings. The first kappa shape index (κ1) is 13.4. The number of rotatable bonds is 2. The van der Waals surface area contributed by atoms with Crippen molar-refractivity contribution in [3.63, 3.8) is 0 Å². The van der Waals surface area contributed by atoms with Gasteiger partial charge in [-0.2, -0.15) is 0 Å². The van der Waals surface area contributed by atoms with E-state index in [4.69, 9.17) is 23.2 Å². The van der Waals surface area contributed by atoms with E-state index in [0.717, 1.165) is 22.3 Å². The van der Waals surface area contributed by atoms with Crippen molar-refractivity contribution in [2.45, 2.75) is 19.2 Å². The van der Waals surface area contributed by atoms with Gasteiger partial charge in [-0.25, -0.2) is 4.39 Å². The summed E-state index contributed by atoms with van der Waals surface area (Å²) in [7, 11) is 0. The zero-order valence-corrected chi connectivity index (χ0v) is 11.7. The highest BCUT2D eigenvalue weighted by Crippen LogP contribution is 2.35. The molecule has 2 rings (SSSR count). The van der Waals surface area contributed by atoms with Gasteiger partial charge in [0.25, 0.3) is 0 Å². The summed E-state index contributed by atoms with van der Waals surface area (Å²) in [5, 5.41) is 0.278. The molecule has 0 aliphatic heterocycles. The van der Waals surface area contributed by atoms with Crippen LogP contribution >= 0.6 is 23.2 Å². The maximum atomic E-state index is 12.9. The molecule has 0 aliphatic carbocycles. The minimum atomic E-state index is -0.364. The molecule has 18 heavy (non-hydrogen) atoms. The minimum absolute atomic E-state index is 0.270. The van der Waals surface area contributed by atoms with Crippen molar-refractivity contribution in [2.75, 3.05) is 0 Å². The summed E-state index contributed by atoms with van der Waals surface area (Å²) < 4.78 is 12.9. The number of benzene rings is 2. The van der Waals surface area contributed by atoms with Gasteiger partial charge < -0.3 is 0 Å². The van der Waals surface area contributed by atoms with Gasteiger partial charge in [-0.15, -0.1) is 11.6 Å². The number of hydrogen-bond donors (Lipinski definition) is 0. The maximum absolute atomic E-state index is 12.9. The topological polar surface area (TPSA) is 0 Å². The van der Waals surface area contributed by atoms with Crippen LogP contribution in [0.15, 0.2) is 36.4 Å². The lowest BCUT2D eigenvalue weighted by Gasteiger charge is -2.14. The smallest absolute Gasteiger partial charge is 0.123 e. The Morgan fingerprint density at radius 1 is 1.00 bits per heavy atom. The third kappa shape index (κ3) is 2.68. The Labute approximate surface area is 116 Å². The molecule has 1 unspecified atom stereocenters. The Bertz CT molecular complexity index is 561. The molecule has 0 heterocycles. The predicted octanol–water partition coefficient (Wildman–Crippen LogP) is 5.42. The van der Waals surface area contributed by atoms with E-state index in [1.165, 1.54) is 12.1 Å². The highest BCUT2D eigenvalue weighted by Gasteiger charge is 2.15. The zero-order valence-electron chi connectivity index (χ0n) is 10.2. The van der Waals surface area contributed by atoms with E-state index in [0.29, 0.717) is 5.02 Å². The van der Waals surface area contributed by atoms with Crippen LogP contribution in [0.3, 0.4) is 0 Å². The van der Waals surface area contributed by atoms with E-state index in [2.05, 4.69) is 0 Å². The summed E-state index contributed by atoms with van der Waals surface area (Å²) in [6, 6.07) is 10.1. The highest BCUT2D eigenvalue weighted by molar-refractivity contribution is 6.33. The molecule has 0 radical (unpaired) electrons. The van der Waals surface area contributed by atoms with Crippen LogP contribution in [-0.4, -0.2) is 0 Å². The molecule has 0 spiro atoms. The molecule has 0 bridgehead atoms. The molecule has 1 atom stereocenters. The number of aryl methyl sites for hydroxylation is 2. The summed E-state index contributed by atoms with van der Waals surface area (Å²) >= 11 is 12.6. The van der Waals surface area contributed by atoms with Gasteiger partial charge in [-0.1, -0.05) is 29.8 Å². The SMILES string of the molecule is Cc1cc(Cl)c(C(Cl)c2ccc(F)cc2)cc1C. The van der Waals surface area contributed by atoms with Crippen LogP contribution in [0.2, 0.25) is 5.02 Å². The molecule has 94 valence electrons. The molecule has 0 aromatic heterocycles. The Balaban J connectivity index is 2.42. The maximum Gasteiger partial charge on any atom is 0.123 e. The lowest BCUT2D eigenvalue weighted by Crippen LogP contribution is -1.96. The van der Waals surface area contributed by atoms with E-state index in [1.807, 2.05) is 26.0 Å². The number of halogens is 3. The molecule has 0 amide bonds. The van der Waals surface area contributed by atoms with Crippen LogP contribution in [0, 0.1) is 19.7 Å². The summed E-state index contributed by atoms with van der Waals surface area (Å²) in [5.41, 5.74) is 3.96. The van der Waals surface area contributed by atoms with Crippen molar-refractivity contribution in [2.24, 2.45) is 0 Å². The Morgan fingerprint density at radius 2 is 1.56 bits per heavy atom. The molecule has 0 saturated heterocycles. The molecule has 2 aromatic rings. The first-order valence-corrected chi connectivity index (χ1v) is 6.46. The molecule has 0 saturated carbocycles. The molecular weight excluding hydrogens is 270 g/mol. The van der Waals surface area contributed by atoms with Crippen molar-refractivity contribution >= 4 is 23.2 Å². The van der Waals surface area contributed by atoms with Crippen LogP contribution in [-0.2, 0) is 0 Å². The Hall–Kier alpha value is -1.05. The lowest BCUT2D eigenvalue weighted by molar-refractivity contribution is 0.627. The number of hydrogen-bond acceptors (Lipinski definition) is 0. The molecule has 2 aromatic carbocycles. The van der Waals surface area contributed by atoms with Crippen molar-refractivity contribution < 1.29 is 4.39 Å². The van der Waals surface area contributed by atoms with E-state index in [-0.39, 0.29) is 11.2 Å². The second-order valence-electron chi connectivity index (χ2n) is 4.37. The summed E-state index contributed by atoms with van der Waals surface area (Å²) in [5.74, 6) is -0.270. The molecule has 3 heteroatoms. The molecule has 0 N–H and O–H groups in total. The van der Waals surface area contributed by atoms with E-state index < -0.39 is 0 Å². The summed E-state index contributed by atoms with van der Waals surface area (Å²) in [6.07, 6.45) is 0. The van der Waals surface area contributed by atoms with Gasteiger partial charge in [0.2, 0.25) is 0 Å². The Kier molecular flexibility index (Phi) is 3.94. The quantitative estimate of drug-likeness (QED) is 0.645. The summed E-state index contributed by atoms with van der Waals surface area (Å²) in [6.45, 7) is 4.02. The second-order valence-corrected chi connectivity index (χ2v) is 5.22. The van der Waals surface area contributed by atoms with Crippen LogP contribution in [0.25, 0.3) is 0 Å². The van der Waals surface area contributed by atoms with Gasteiger partial charge >= 0.3 is 0 Å². The second kappa shape index (κ2) is 5.29. The van der Waals surface area contributed by atoms with Crippen LogP contribution < -0.4 is 0 Å². The van der Waals surface area contributed by atoms with Gasteiger partial charge in [0.15, 0.2) is 0 Å².